The van der Waals surface area contributed by atoms with Crippen LogP contribution in [0.3, 0.4) is 0 Å². The minimum absolute atomic E-state index is 0.127. The number of carbonyl (C=O) groups is 1. The third-order valence-electron chi connectivity index (χ3n) is 4.36. The Morgan fingerprint density at radius 2 is 2.15 bits per heavy atom. The molecule has 1 unspecified atom stereocenters. The lowest BCUT2D eigenvalue weighted by molar-refractivity contribution is 0.0593. The van der Waals surface area contributed by atoms with E-state index >= 15 is 0 Å². The van der Waals surface area contributed by atoms with Gasteiger partial charge in [0.25, 0.3) is 5.91 Å². The summed E-state index contributed by atoms with van der Waals surface area (Å²) in [5.41, 5.74) is 6.44. The summed E-state index contributed by atoms with van der Waals surface area (Å²) in [6.45, 7) is 1.48. The molecule has 0 radical (unpaired) electrons. The molecule has 0 bridgehead atoms. The van der Waals surface area contributed by atoms with Crippen molar-refractivity contribution in [3.05, 3.63) is 23.0 Å². The molecule has 4 nitrogen and oxygen atoms in total. The van der Waals surface area contributed by atoms with Crippen LogP contribution in [0.15, 0.2) is 12.3 Å². The van der Waals surface area contributed by atoms with Crippen LogP contribution in [0.5, 0.6) is 0 Å². The predicted octanol–water partition coefficient (Wildman–Crippen LogP) is 2.82. The summed E-state index contributed by atoms with van der Waals surface area (Å²) >= 11 is 6.11. The van der Waals surface area contributed by atoms with Gasteiger partial charge < -0.3 is 15.2 Å². The zero-order valence-electron chi connectivity index (χ0n) is 11.7. The number of carbonyl (C=O) groups excluding carboxylic acids is 1. The highest BCUT2D eigenvalue weighted by atomic mass is 35.5. The van der Waals surface area contributed by atoms with E-state index in [9.17, 15) is 4.79 Å². The summed E-state index contributed by atoms with van der Waals surface area (Å²) in [5, 5.41) is 0.660. The van der Waals surface area contributed by atoms with Gasteiger partial charge in [0, 0.05) is 24.8 Å². The highest BCUT2D eigenvalue weighted by Crippen LogP contribution is 2.38. The standard InChI is InChI=1S/C15H22ClN3O/c16-11-9-14(19(10-11)13-4-5-13)15(20)18-8-2-1-3-12(18)6-7-17/h9-10,12-13H,1-8,17H2. The first-order valence-corrected chi connectivity index (χ1v) is 7.97. The molecule has 2 aliphatic rings. The SMILES string of the molecule is NCCC1CCCCN1C(=O)c1cc(Cl)cn1C1CC1. The van der Waals surface area contributed by atoms with Crippen molar-refractivity contribution < 1.29 is 4.79 Å². The molecule has 2 N–H and O–H groups in total. The number of nitrogens with zero attached hydrogens (tertiary/aromatic N) is 2. The number of halogens is 1. The molecule has 1 amide bonds. The molecule has 2 heterocycles. The Hall–Kier alpha value is -1.00. The summed E-state index contributed by atoms with van der Waals surface area (Å²) in [4.78, 5) is 14.9. The molecule has 110 valence electrons. The maximum atomic E-state index is 12.9. The van der Waals surface area contributed by atoms with Crippen LogP contribution in [-0.2, 0) is 0 Å². The average molecular weight is 296 g/mol. The maximum absolute atomic E-state index is 12.9. The van der Waals surface area contributed by atoms with Gasteiger partial charge in [0.15, 0.2) is 0 Å². The molecule has 3 rings (SSSR count). The van der Waals surface area contributed by atoms with Gasteiger partial charge in [-0.15, -0.1) is 0 Å². The molecule has 1 saturated heterocycles. The van der Waals surface area contributed by atoms with Gasteiger partial charge in [0.2, 0.25) is 0 Å². The minimum Gasteiger partial charge on any atom is -0.339 e. The van der Waals surface area contributed by atoms with E-state index in [1.807, 2.05) is 17.2 Å². The highest BCUT2D eigenvalue weighted by molar-refractivity contribution is 6.31. The van der Waals surface area contributed by atoms with Crippen LogP contribution < -0.4 is 5.73 Å². The third kappa shape index (κ3) is 2.72. The zero-order chi connectivity index (χ0) is 14.1. The first-order chi connectivity index (χ1) is 9.70. The van der Waals surface area contributed by atoms with Crippen LogP contribution in [0.25, 0.3) is 0 Å². The minimum atomic E-state index is 0.127. The average Bonchev–Trinajstić information content (AvgIpc) is 3.22. The molecule has 1 aromatic rings. The normalized spacial score (nSPS) is 23.1. The molecular formula is C15H22ClN3O. The summed E-state index contributed by atoms with van der Waals surface area (Å²) in [5.74, 6) is 0.127. The van der Waals surface area contributed by atoms with Crippen molar-refractivity contribution >= 4 is 17.5 Å². The smallest absolute Gasteiger partial charge is 0.270 e. The maximum Gasteiger partial charge on any atom is 0.270 e. The lowest BCUT2D eigenvalue weighted by atomic mass is 9.99. The van der Waals surface area contributed by atoms with Crippen LogP contribution in [0.2, 0.25) is 5.02 Å². The van der Waals surface area contributed by atoms with Crippen molar-refractivity contribution in [2.75, 3.05) is 13.1 Å². The van der Waals surface area contributed by atoms with Gasteiger partial charge in [-0.1, -0.05) is 11.6 Å². The molecule has 2 fully saturated rings. The Bertz CT molecular complexity index is 493. The molecule has 1 aliphatic carbocycles. The topological polar surface area (TPSA) is 51.3 Å². The van der Waals surface area contributed by atoms with Crippen molar-refractivity contribution in [2.45, 2.75) is 50.6 Å². The fourth-order valence-electron chi connectivity index (χ4n) is 3.18. The Morgan fingerprint density at radius 1 is 1.35 bits per heavy atom. The molecule has 1 aromatic heterocycles. The van der Waals surface area contributed by atoms with Crippen molar-refractivity contribution in [3.63, 3.8) is 0 Å². The van der Waals surface area contributed by atoms with Gasteiger partial charge >= 0.3 is 0 Å². The Labute approximate surface area is 124 Å². The van der Waals surface area contributed by atoms with E-state index < -0.39 is 0 Å². The summed E-state index contributed by atoms with van der Waals surface area (Å²) < 4.78 is 2.07. The van der Waals surface area contributed by atoms with Crippen LogP contribution >= 0.6 is 11.6 Å². The fraction of sp³-hybridized carbons (Fsp3) is 0.667. The number of hydrogen-bond acceptors (Lipinski definition) is 2. The zero-order valence-corrected chi connectivity index (χ0v) is 12.5. The van der Waals surface area contributed by atoms with Crippen molar-refractivity contribution in [2.24, 2.45) is 5.73 Å². The van der Waals surface area contributed by atoms with E-state index in [0.29, 0.717) is 23.7 Å². The summed E-state index contributed by atoms with van der Waals surface area (Å²) in [6, 6.07) is 2.58. The van der Waals surface area contributed by atoms with Crippen LogP contribution in [0, 0.1) is 0 Å². The first kappa shape index (κ1) is 14.0. The van der Waals surface area contributed by atoms with E-state index in [-0.39, 0.29) is 5.91 Å². The second-order valence-electron chi connectivity index (χ2n) is 5.91. The van der Waals surface area contributed by atoms with Crippen molar-refractivity contribution in [1.82, 2.24) is 9.47 Å². The van der Waals surface area contributed by atoms with E-state index in [2.05, 4.69) is 4.57 Å². The van der Waals surface area contributed by atoms with Crippen LogP contribution in [-0.4, -0.2) is 34.5 Å². The number of piperidine rings is 1. The van der Waals surface area contributed by atoms with Crippen LogP contribution in [0.4, 0.5) is 0 Å². The van der Waals surface area contributed by atoms with Crippen molar-refractivity contribution in [3.8, 4) is 0 Å². The number of nitrogens with two attached hydrogens (primary N) is 1. The van der Waals surface area contributed by atoms with Gasteiger partial charge in [0.1, 0.15) is 5.69 Å². The number of likely N-dealkylation sites (tertiary alicyclic amines) is 1. The lowest BCUT2D eigenvalue weighted by Gasteiger charge is -2.35. The van der Waals surface area contributed by atoms with Gasteiger partial charge in [-0.3, -0.25) is 4.79 Å². The van der Waals surface area contributed by atoms with E-state index in [1.54, 1.807) is 0 Å². The van der Waals surface area contributed by atoms with Gasteiger partial charge in [0.05, 0.1) is 5.02 Å². The summed E-state index contributed by atoms with van der Waals surface area (Å²) in [6.07, 6.45) is 8.44. The van der Waals surface area contributed by atoms with Gasteiger partial charge in [-0.25, -0.2) is 0 Å². The van der Waals surface area contributed by atoms with Gasteiger partial charge in [-0.2, -0.15) is 0 Å². The van der Waals surface area contributed by atoms with Crippen LogP contribution in [0.1, 0.15) is 55.1 Å². The van der Waals surface area contributed by atoms with E-state index in [1.165, 1.54) is 6.42 Å². The first-order valence-electron chi connectivity index (χ1n) is 7.59. The predicted molar refractivity (Wildman–Crippen MR) is 80.1 cm³/mol. The molecule has 0 spiro atoms. The molecule has 1 atom stereocenters. The lowest BCUT2D eigenvalue weighted by Crippen LogP contribution is -2.45. The second kappa shape index (κ2) is 5.78. The molecule has 1 saturated carbocycles. The fourth-order valence-corrected chi connectivity index (χ4v) is 3.39. The van der Waals surface area contributed by atoms with Crippen molar-refractivity contribution in [1.29, 1.82) is 0 Å². The molecular weight excluding hydrogens is 274 g/mol. The second-order valence-corrected chi connectivity index (χ2v) is 6.34. The van der Waals surface area contributed by atoms with E-state index in [0.717, 1.165) is 44.3 Å². The molecule has 1 aliphatic heterocycles. The molecule has 0 aromatic carbocycles. The third-order valence-corrected chi connectivity index (χ3v) is 4.57. The monoisotopic (exact) mass is 295 g/mol. The molecule has 5 heteroatoms. The Kier molecular flexibility index (Phi) is 4.03. The number of aromatic nitrogens is 1. The number of rotatable bonds is 4. The number of hydrogen-bond donors (Lipinski definition) is 1. The Morgan fingerprint density at radius 3 is 2.85 bits per heavy atom. The largest absolute Gasteiger partial charge is 0.339 e. The van der Waals surface area contributed by atoms with E-state index in [4.69, 9.17) is 17.3 Å². The summed E-state index contributed by atoms with van der Waals surface area (Å²) in [7, 11) is 0. The van der Waals surface area contributed by atoms with Gasteiger partial charge in [-0.05, 0) is 51.1 Å². The number of amides is 1. The Balaban J connectivity index is 1.83. The molecule has 20 heavy (non-hydrogen) atoms. The quantitative estimate of drug-likeness (QED) is 0.928. The highest BCUT2D eigenvalue weighted by Gasteiger charge is 2.32.